The van der Waals surface area contributed by atoms with Gasteiger partial charge in [-0.05, 0) is 83.8 Å². The number of hydrogen-bond donors (Lipinski definition) is 15. The van der Waals surface area contributed by atoms with E-state index >= 15 is 0 Å². The van der Waals surface area contributed by atoms with Crippen molar-refractivity contribution in [3.05, 3.63) is 0 Å². The maximum atomic E-state index is 13.7. The summed E-state index contributed by atoms with van der Waals surface area (Å²) in [5, 5.41) is 57.6. The Bertz CT molecular complexity index is 1690. The van der Waals surface area contributed by atoms with Gasteiger partial charge in [-0.15, -0.1) is 0 Å². The molecule has 0 rings (SSSR count). The van der Waals surface area contributed by atoms with E-state index in [0.717, 1.165) is 0 Å². The van der Waals surface area contributed by atoms with Crippen molar-refractivity contribution in [3.63, 3.8) is 0 Å². The number of nitrogens with two attached hydrogens (primary N) is 3. The van der Waals surface area contributed by atoms with Gasteiger partial charge in [0.25, 0.3) is 0 Å². The van der Waals surface area contributed by atoms with Crippen LogP contribution >= 0.6 is 11.8 Å². The number of aliphatic hydroxyl groups is 2. The monoisotopic (exact) mass is 963 g/mol. The first-order chi connectivity index (χ1) is 30.8. The number of carboxylic acids is 2. The number of aliphatic hydroxyl groups excluding tert-OH is 2. The molecule has 376 valence electrons. The Morgan fingerprint density at radius 2 is 1.05 bits per heavy atom. The molecule has 0 aliphatic carbocycles. The van der Waals surface area contributed by atoms with Crippen LogP contribution in [0.1, 0.15) is 86.0 Å². The number of thioether (sulfide) groups is 1. The lowest BCUT2D eigenvalue weighted by Crippen LogP contribution is -2.61. The average molecular weight is 964 g/mol. The molecule has 0 bridgehead atoms. The molecule has 0 fully saturated rings. The number of nitrogens with one attached hydrogen (secondary N) is 8. The van der Waals surface area contributed by atoms with E-state index in [1.807, 2.05) is 0 Å². The lowest BCUT2D eigenvalue weighted by atomic mass is 10.0. The van der Waals surface area contributed by atoms with E-state index in [0.29, 0.717) is 6.42 Å². The summed E-state index contributed by atoms with van der Waals surface area (Å²) in [5.41, 5.74) is 16.4. The molecule has 27 heteroatoms. The van der Waals surface area contributed by atoms with Crippen molar-refractivity contribution in [1.29, 1.82) is 0 Å². The largest absolute Gasteiger partial charge is 0.481 e. The van der Waals surface area contributed by atoms with Crippen LogP contribution in [0.3, 0.4) is 0 Å². The van der Waals surface area contributed by atoms with Gasteiger partial charge in [0.2, 0.25) is 53.2 Å². The minimum absolute atomic E-state index is 0.0290. The molecule has 0 saturated carbocycles. The van der Waals surface area contributed by atoms with Gasteiger partial charge in [-0.25, -0.2) is 4.79 Å². The standard InChI is InChI=1S/C39H69N11O15S/c1-18(2)15-26(48-33(58)22(41)16-28(42)53)36(61)44-19(3)31(56)43-20(4)32(57)50-30(21(5)52)38(63)46-23(9-7-8-13-40)34(59)45-24(12-14-66-6)35(60)49-27(17-51)37(62)47-25(39(64)65)10-11-29(54)55/h18-27,30,51-52H,7-17,40-41H2,1-6H3,(H2,42,53)(H,43,56)(H,44,61)(H,45,59)(H,46,63)(H,47,62)(H,48,58)(H,49,60)(H,50,57)(H,54,55)(H,64,65)/t19-,20-,21+,22-,23-,24-,25-,26-,27-,30-/m0/s1. The molecule has 0 spiro atoms. The second kappa shape index (κ2) is 31.3. The predicted molar refractivity (Wildman–Crippen MR) is 237 cm³/mol. The number of aliphatic carboxylic acids is 2. The molecular formula is C39H69N11O15S. The van der Waals surface area contributed by atoms with Gasteiger partial charge in [-0.1, -0.05) is 13.8 Å². The highest BCUT2D eigenvalue weighted by Crippen LogP contribution is 2.09. The van der Waals surface area contributed by atoms with Crippen molar-refractivity contribution < 1.29 is 73.2 Å². The third-order valence-electron chi connectivity index (χ3n) is 9.57. The molecular weight excluding hydrogens is 895 g/mol. The molecule has 66 heavy (non-hydrogen) atoms. The molecule has 0 aliphatic rings. The highest BCUT2D eigenvalue weighted by atomic mass is 32.2. The Hall–Kier alpha value is -5.64. The number of carboxylic acid groups (broad SMARTS) is 2. The number of primary amides is 1. The summed E-state index contributed by atoms with van der Waals surface area (Å²) in [4.78, 5) is 139. The van der Waals surface area contributed by atoms with Crippen LogP contribution in [0.25, 0.3) is 0 Å². The summed E-state index contributed by atoms with van der Waals surface area (Å²) < 4.78 is 0. The molecule has 0 aromatic carbocycles. The molecule has 0 saturated heterocycles. The third kappa shape index (κ3) is 23.5. The van der Waals surface area contributed by atoms with Crippen LogP contribution in [0.15, 0.2) is 0 Å². The van der Waals surface area contributed by atoms with Crippen LogP contribution in [-0.4, -0.2) is 171 Å². The topological polar surface area (TPSA) is 443 Å². The Morgan fingerprint density at radius 3 is 1.53 bits per heavy atom. The fourth-order valence-electron chi connectivity index (χ4n) is 5.82. The van der Waals surface area contributed by atoms with E-state index in [1.54, 1.807) is 20.1 Å². The van der Waals surface area contributed by atoms with Crippen LogP contribution in [0, 0.1) is 5.92 Å². The second-order valence-corrected chi connectivity index (χ2v) is 16.9. The fourth-order valence-corrected chi connectivity index (χ4v) is 6.29. The molecule has 0 heterocycles. The second-order valence-electron chi connectivity index (χ2n) is 15.9. The number of rotatable bonds is 33. The Labute approximate surface area is 386 Å². The van der Waals surface area contributed by atoms with Crippen molar-refractivity contribution in [2.24, 2.45) is 23.1 Å². The lowest BCUT2D eigenvalue weighted by Gasteiger charge is -2.28. The average Bonchev–Trinajstić information content (AvgIpc) is 3.22. The maximum Gasteiger partial charge on any atom is 0.326 e. The van der Waals surface area contributed by atoms with E-state index in [9.17, 15) is 68.1 Å². The van der Waals surface area contributed by atoms with Crippen LogP contribution in [0.5, 0.6) is 0 Å². The first kappa shape index (κ1) is 60.4. The molecule has 0 unspecified atom stereocenters. The van der Waals surface area contributed by atoms with Gasteiger partial charge in [-0.3, -0.25) is 47.9 Å². The summed E-state index contributed by atoms with van der Waals surface area (Å²) in [6, 6.07) is -13.0. The summed E-state index contributed by atoms with van der Waals surface area (Å²) in [5.74, 6) is -11.0. The summed E-state index contributed by atoms with van der Waals surface area (Å²) >= 11 is 1.29. The van der Waals surface area contributed by atoms with Crippen LogP contribution in [-0.2, 0) is 52.7 Å². The Balaban J connectivity index is 6.00. The molecule has 0 aromatic rings. The first-order valence-electron chi connectivity index (χ1n) is 21.2. The smallest absolute Gasteiger partial charge is 0.326 e. The van der Waals surface area contributed by atoms with Gasteiger partial charge >= 0.3 is 11.9 Å². The first-order valence-corrected chi connectivity index (χ1v) is 22.6. The minimum Gasteiger partial charge on any atom is -0.481 e. The van der Waals surface area contributed by atoms with Gasteiger partial charge in [0.05, 0.1) is 25.2 Å². The maximum absolute atomic E-state index is 13.7. The van der Waals surface area contributed by atoms with Gasteiger partial charge in [-0.2, -0.15) is 11.8 Å². The fraction of sp³-hybridized carbons (Fsp3) is 0.718. The minimum atomic E-state index is -1.72. The normalized spacial score (nSPS) is 15.6. The highest BCUT2D eigenvalue weighted by molar-refractivity contribution is 7.98. The number of carbonyl (C=O) groups excluding carboxylic acids is 9. The van der Waals surface area contributed by atoms with E-state index < -0.39 is 151 Å². The van der Waals surface area contributed by atoms with E-state index in [2.05, 4.69) is 42.5 Å². The van der Waals surface area contributed by atoms with Gasteiger partial charge in [0.1, 0.15) is 48.3 Å². The zero-order chi connectivity index (χ0) is 50.8. The number of unbranched alkanes of at least 4 members (excludes halogenated alkanes) is 1. The van der Waals surface area contributed by atoms with Crippen molar-refractivity contribution in [1.82, 2.24) is 42.5 Å². The van der Waals surface area contributed by atoms with Crippen molar-refractivity contribution in [3.8, 4) is 0 Å². The van der Waals surface area contributed by atoms with Crippen molar-refractivity contribution in [2.45, 2.75) is 146 Å². The SMILES string of the molecule is CSCC[C@H](NC(=O)[C@H](CCCCN)NC(=O)[C@@H](NC(=O)[C@H](C)NC(=O)[C@H](C)NC(=O)[C@H](CC(C)C)NC(=O)[C@@H](N)CC(N)=O)[C@@H](C)O)C(=O)N[C@@H](CO)C(=O)N[C@@H](CCC(=O)O)C(=O)O. The molecule has 26 nitrogen and oxygen atoms in total. The third-order valence-corrected chi connectivity index (χ3v) is 10.2. The summed E-state index contributed by atoms with van der Waals surface area (Å²) in [6.07, 6.45) is -0.692. The highest BCUT2D eigenvalue weighted by Gasteiger charge is 2.35. The van der Waals surface area contributed by atoms with Crippen molar-refractivity contribution >= 4 is 76.9 Å². The van der Waals surface area contributed by atoms with Crippen LogP contribution in [0.4, 0.5) is 0 Å². The number of hydrogen-bond acceptors (Lipinski definition) is 16. The Kier molecular flexibility index (Phi) is 28.6. The zero-order valence-corrected chi connectivity index (χ0v) is 38.9. The number of amides is 9. The van der Waals surface area contributed by atoms with E-state index in [4.69, 9.17) is 22.3 Å². The quantitative estimate of drug-likeness (QED) is 0.0273. The molecule has 10 atom stereocenters. The molecule has 9 amide bonds. The van der Waals surface area contributed by atoms with Gasteiger partial charge in [0.15, 0.2) is 0 Å². The van der Waals surface area contributed by atoms with Gasteiger partial charge < -0.3 is 80.2 Å². The van der Waals surface area contributed by atoms with E-state index in [-0.39, 0.29) is 43.9 Å². The van der Waals surface area contributed by atoms with Gasteiger partial charge in [0, 0.05) is 6.42 Å². The van der Waals surface area contributed by atoms with Crippen LogP contribution in [0.2, 0.25) is 0 Å². The zero-order valence-electron chi connectivity index (χ0n) is 38.0. The molecule has 0 aromatic heterocycles. The molecule has 0 radical (unpaired) electrons. The molecule has 18 N–H and O–H groups in total. The van der Waals surface area contributed by atoms with Crippen molar-refractivity contribution in [2.75, 3.05) is 25.2 Å². The predicted octanol–water partition coefficient (Wildman–Crippen LogP) is -5.64. The van der Waals surface area contributed by atoms with E-state index in [1.165, 1.54) is 32.5 Å². The Morgan fingerprint density at radius 1 is 0.576 bits per heavy atom. The number of carbonyl (C=O) groups is 11. The molecule has 0 aliphatic heterocycles. The summed E-state index contributed by atoms with van der Waals surface area (Å²) in [7, 11) is 0. The van der Waals surface area contributed by atoms with Crippen LogP contribution < -0.4 is 59.7 Å². The summed E-state index contributed by atoms with van der Waals surface area (Å²) in [6.45, 7) is 6.47. The lowest BCUT2D eigenvalue weighted by molar-refractivity contribution is -0.143.